The highest BCUT2D eigenvalue weighted by Crippen LogP contribution is 2.59. The Bertz CT molecular complexity index is 2170. The number of aromatic nitrogens is 1. The highest BCUT2D eigenvalue weighted by Gasteiger charge is 2.62. The summed E-state index contributed by atoms with van der Waals surface area (Å²) in [4.78, 5) is 18.6. The van der Waals surface area contributed by atoms with E-state index in [1.54, 1.807) is 32.9 Å². The lowest BCUT2D eigenvalue weighted by atomic mass is 9.56. The van der Waals surface area contributed by atoms with Crippen molar-refractivity contribution in [2.75, 3.05) is 11.8 Å². The maximum atomic E-state index is 15.1. The zero-order valence-corrected chi connectivity index (χ0v) is 33.2. The van der Waals surface area contributed by atoms with Crippen molar-refractivity contribution in [1.82, 2.24) is 4.98 Å². The van der Waals surface area contributed by atoms with Crippen LogP contribution >= 0.6 is 0 Å². The van der Waals surface area contributed by atoms with Crippen LogP contribution in [0, 0.1) is 36.5 Å². The van der Waals surface area contributed by atoms with Gasteiger partial charge in [0.2, 0.25) is 0 Å². The molecule has 1 aliphatic rings. The summed E-state index contributed by atoms with van der Waals surface area (Å²) in [6.45, 7) is 17.2. The van der Waals surface area contributed by atoms with Crippen molar-refractivity contribution in [3.63, 3.8) is 0 Å². The van der Waals surface area contributed by atoms with E-state index in [2.05, 4.69) is 9.71 Å². The smallest absolute Gasteiger partial charge is 0.417 e. The van der Waals surface area contributed by atoms with Crippen molar-refractivity contribution in [2.24, 2.45) is 22.6 Å². The van der Waals surface area contributed by atoms with E-state index < -0.39 is 79.7 Å². The number of benzene rings is 2. The van der Waals surface area contributed by atoms with Crippen LogP contribution in [0.4, 0.5) is 18.9 Å². The number of hydrogen-bond acceptors (Lipinski definition) is 6. The highest BCUT2D eigenvalue weighted by molar-refractivity contribution is 7.92. The van der Waals surface area contributed by atoms with E-state index in [1.807, 2.05) is 52.8 Å². The van der Waals surface area contributed by atoms with Gasteiger partial charge in [-0.1, -0.05) is 84.7 Å². The summed E-state index contributed by atoms with van der Waals surface area (Å²) in [7, 11) is -3.09. The lowest BCUT2D eigenvalue weighted by Crippen LogP contribution is -2.62. The molecule has 11 heteroatoms. The summed E-state index contributed by atoms with van der Waals surface area (Å²) in [5, 5.41) is -0.639. The minimum atomic E-state index is -4.71. The van der Waals surface area contributed by atoms with Gasteiger partial charge in [-0.2, -0.15) is 21.6 Å². The Morgan fingerprint density at radius 1 is 1.04 bits per heavy atom. The number of sulfonamides is 1. The third-order valence-corrected chi connectivity index (χ3v) is 12.2. The minimum absolute atomic E-state index is 0.0348. The molecule has 2 heterocycles. The molecule has 0 spiro atoms. The normalized spacial score (nSPS) is 22.2. The molecule has 0 aliphatic carbocycles. The van der Waals surface area contributed by atoms with Gasteiger partial charge in [-0.15, -0.1) is 0 Å². The number of rotatable bonds is 14. The quantitative estimate of drug-likeness (QED) is 0.164. The molecule has 0 bridgehead atoms. The molecule has 3 aromatic rings. The van der Waals surface area contributed by atoms with Crippen molar-refractivity contribution in [3.8, 4) is 0 Å². The molecule has 290 valence electrons. The third-order valence-electron chi connectivity index (χ3n) is 10.9. The zero-order valence-electron chi connectivity index (χ0n) is 37.4. The Balaban J connectivity index is 1.97. The predicted molar refractivity (Wildman–Crippen MR) is 203 cm³/mol. The summed E-state index contributed by atoms with van der Waals surface area (Å²) in [5.74, 6) is -4.87. The first-order valence-electron chi connectivity index (χ1n) is 20.1. The van der Waals surface area contributed by atoms with E-state index in [1.165, 1.54) is 26.2 Å². The SMILES string of the molecule is [2H]C([2H])(C)C([2H])([2H])C([2H])(C)[C@]1(C(C)Cc2ccc(C)c(C)c2)OC(=O)C([C@@H](c2cccc(NS(=O)(=O)c3ccc(C(F)(F)F)cn3)c2)C(C)(C)CC)=C(OC)C1(C)C. The lowest BCUT2D eigenvalue weighted by Gasteiger charge is -2.57. The molecular weight excluding hydrogens is 702 g/mol. The molecule has 1 aliphatic heterocycles. The van der Waals surface area contributed by atoms with Crippen LogP contribution in [0.2, 0.25) is 0 Å². The second kappa shape index (κ2) is 15.5. The van der Waals surface area contributed by atoms with E-state index in [9.17, 15) is 25.7 Å². The highest BCUT2D eigenvalue weighted by atomic mass is 32.2. The molecule has 0 saturated carbocycles. The summed E-state index contributed by atoms with van der Waals surface area (Å²) in [6.07, 6.45) is -9.00. The van der Waals surface area contributed by atoms with E-state index in [0.717, 1.165) is 29.7 Å². The summed E-state index contributed by atoms with van der Waals surface area (Å²) >= 11 is 0. The summed E-state index contributed by atoms with van der Waals surface area (Å²) in [6, 6.07) is 13.5. The second-order valence-corrected chi connectivity index (χ2v) is 16.7. The molecule has 1 N–H and O–H groups in total. The fourth-order valence-electron chi connectivity index (χ4n) is 7.79. The van der Waals surface area contributed by atoms with E-state index in [4.69, 9.17) is 12.2 Å². The summed E-state index contributed by atoms with van der Waals surface area (Å²) in [5.41, 5.74) is -1.94. The number of alkyl halides is 3. The van der Waals surface area contributed by atoms with Crippen LogP contribution in [0.5, 0.6) is 0 Å². The molecule has 0 amide bonds. The van der Waals surface area contributed by atoms with Gasteiger partial charge < -0.3 is 9.47 Å². The largest absolute Gasteiger partial charge is 0.500 e. The molecule has 0 saturated heterocycles. The van der Waals surface area contributed by atoms with Gasteiger partial charge in [-0.05, 0) is 98.3 Å². The number of nitrogens with zero attached hydrogens (tertiary/aromatic N) is 1. The number of carbonyl (C=O) groups excluding carboxylic acids is 1. The van der Waals surface area contributed by atoms with Crippen LogP contribution in [0.1, 0.15) is 115 Å². The van der Waals surface area contributed by atoms with Crippen LogP contribution in [0.25, 0.3) is 0 Å². The van der Waals surface area contributed by atoms with Crippen LogP contribution in [-0.4, -0.2) is 32.1 Å². The standard InChI is InChI=1S/C42H55F3N2O5S/c1-12-15-28(5)41(29(6)23-30-19-18-26(3)27(4)22-30)40(9,10)37(51-11)35(38(48)52-41)36(39(7,8)13-2)31-16-14-17-33(24-31)47-53(49,50)34-21-20-32(25-46-34)42(43,44)45/h14,16-22,24-25,28-29,36,47H,12-13,15,23H2,1-11H3/t28?,29?,36-,41-/m1/s1/i12D2,15D2,28D. The first kappa shape index (κ1) is 34.9. The Kier molecular flexibility index (Phi) is 10.2. The Morgan fingerprint density at radius 2 is 1.72 bits per heavy atom. The maximum absolute atomic E-state index is 15.1. The van der Waals surface area contributed by atoms with E-state index >= 15 is 4.79 Å². The molecule has 4 atom stereocenters. The Hall–Kier alpha value is -3.86. The molecule has 7 nitrogen and oxygen atoms in total. The van der Waals surface area contributed by atoms with E-state index in [-0.39, 0.29) is 23.4 Å². The monoisotopic (exact) mass is 761 g/mol. The van der Waals surface area contributed by atoms with Crippen LogP contribution < -0.4 is 4.72 Å². The Labute approximate surface area is 320 Å². The molecule has 0 radical (unpaired) electrons. The molecule has 2 aromatic carbocycles. The molecular formula is C42H55F3N2O5S. The number of methoxy groups -OCH3 is 1. The van der Waals surface area contributed by atoms with Crippen LogP contribution in [0.15, 0.2) is 77.2 Å². The second-order valence-electron chi connectivity index (χ2n) is 15.1. The van der Waals surface area contributed by atoms with E-state index in [0.29, 0.717) is 24.2 Å². The number of hydrogen-bond donors (Lipinski definition) is 1. The van der Waals surface area contributed by atoms with Crippen molar-refractivity contribution in [2.45, 2.75) is 118 Å². The third kappa shape index (κ3) is 8.15. The van der Waals surface area contributed by atoms with Gasteiger partial charge in [0, 0.05) is 30.6 Å². The first-order valence-corrected chi connectivity index (χ1v) is 19.1. The van der Waals surface area contributed by atoms with Gasteiger partial charge in [0.1, 0.15) is 11.4 Å². The van der Waals surface area contributed by atoms with Crippen LogP contribution in [-0.2, 0) is 36.9 Å². The number of aryl methyl sites for hydroxylation is 2. The van der Waals surface area contributed by atoms with Gasteiger partial charge in [0.15, 0.2) is 5.03 Å². The first-order chi connectivity index (χ1) is 26.3. The topological polar surface area (TPSA) is 94.6 Å². The lowest BCUT2D eigenvalue weighted by molar-refractivity contribution is -0.206. The number of nitrogens with one attached hydrogen (secondary N) is 1. The summed E-state index contributed by atoms with van der Waals surface area (Å²) < 4.78 is 127. The molecule has 1 aromatic heterocycles. The fourth-order valence-corrected chi connectivity index (χ4v) is 8.77. The van der Waals surface area contributed by atoms with Crippen molar-refractivity contribution < 1.29 is 42.7 Å². The van der Waals surface area contributed by atoms with Crippen molar-refractivity contribution in [1.29, 1.82) is 0 Å². The van der Waals surface area contributed by atoms with Gasteiger partial charge >= 0.3 is 12.1 Å². The number of pyridine rings is 1. The van der Waals surface area contributed by atoms with Gasteiger partial charge in [0.25, 0.3) is 10.0 Å². The predicted octanol–water partition coefficient (Wildman–Crippen LogP) is 10.6. The van der Waals surface area contributed by atoms with Gasteiger partial charge in [-0.25, -0.2) is 9.78 Å². The minimum Gasteiger partial charge on any atom is -0.500 e. The average molecular weight is 762 g/mol. The molecule has 4 rings (SSSR count). The van der Waals surface area contributed by atoms with Gasteiger partial charge in [0.05, 0.1) is 23.7 Å². The van der Waals surface area contributed by atoms with Crippen LogP contribution in [0.3, 0.4) is 0 Å². The number of carbonyl (C=O) groups is 1. The maximum Gasteiger partial charge on any atom is 0.417 e. The average Bonchev–Trinajstić information content (AvgIpc) is 3.10. The van der Waals surface area contributed by atoms with Crippen molar-refractivity contribution >= 4 is 21.7 Å². The Morgan fingerprint density at radius 3 is 2.26 bits per heavy atom. The number of ether oxygens (including phenoxy) is 2. The number of cyclic esters (lactones) is 1. The number of esters is 1. The zero-order chi connectivity index (χ0) is 44.2. The fraction of sp³-hybridized carbons (Fsp3) is 0.524. The number of halogens is 3. The van der Waals surface area contributed by atoms with Gasteiger partial charge in [-0.3, -0.25) is 4.72 Å². The number of anilines is 1. The molecule has 2 unspecified atom stereocenters. The molecule has 53 heavy (non-hydrogen) atoms. The molecule has 0 fully saturated rings. The van der Waals surface area contributed by atoms with Crippen molar-refractivity contribution in [3.05, 3.63) is 99.9 Å².